The highest BCUT2D eigenvalue weighted by Crippen LogP contribution is 2.26. The molecule has 0 atom stereocenters. The van der Waals surface area contributed by atoms with Crippen molar-refractivity contribution in [2.45, 2.75) is 20.4 Å². The Morgan fingerprint density at radius 2 is 1.79 bits per heavy atom. The molecule has 28 heavy (non-hydrogen) atoms. The molecule has 1 saturated heterocycles. The number of pyridine rings is 1. The number of aromatic nitrogens is 2. The average Bonchev–Trinajstić information content (AvgIpc) is 3.02. The zero-order valence-corrected chi connectivity index (χ0v) is 16.0. The SMILES string of the molecule is Cc1cccc(N2CCN(Cc3nc(-c4ccc(F)cc4F)oc3C)CC2)n1. The van der Waals surface area contributed by atoms with Crippen LogP contribution in [-0.2, 0) is 6.54 Å². The molecule has 2 aromatic heterocycles. The van der Waals surface area contributed by atoms with E-state index in [9.17, 15) is 8.78 Å². The van der Waals surface area contributed by atoms with Gasteiger partial charge in [-0.15, -0.1) is 0 Å². The van der Waals surface area contributed by atoms with Crippen molar-refractivity contribution in [3.05, 3.63) is 65.2 Å². The lowest BCUT2D eigenvalue weighted by atomic mass is 10.2. The first-order valence-electron chi connectivity index (χ1n) is 9.32. The quantitative estimate of drug-likeness (QED) is 0.682. The minimum Gasteiger partial charge on any atom is -0.441 e. The van der Waals surface area contributed by atoms with E-state index in [0.717, 1.165) is 49.5 Å². The third-order valence-electron chi connectivity index (χ3n) is 5.00. The predicted octanol–water partition coefficient (Wildman–Crippen LogP) is 3.95. The zero-order chi connectivity index (χ0) is 19.7. The normalized spacial score (nSPS) is 15.2. The number of aryl methyl sites for hydroxylation is 2. The molecule has 0 radical (unpaired) electrons. The third kappa shape index (κ3) is 3.89. The van der Waals surface area contributed by atoms with Gasteiger partial charge in [-0.2, -0.15) is 0 Å². The Morgan fingerprint density at radius 3 is 2.50 bits per heavy atom. The van der Waals surface area contributed by atoms with E-state index in [-0.39, 0.29) is 11.5 Å². The van der Waals surface area contributed by atoms with E-state index in [1.54, 1.807) is 0 Å². The van der Waals surface area contributed by atoms with Crippen molar-refractivity contribution in [1.29, 1.82) is 0 Å². The third-order valence-corrected chi connectivity index (χ3v) is 5.00. The maximum atomic E-state index is 14.0. The van der Waals surface area contributed by atoms with Gasteiger partial charge < -0.3 is 9.32 Å². The van der Waals surface area contributed by atoms with Crippen molar-refractivity contribution in [3.8, 4) is 11.5 Å². The standard InChI is InChI=1S/C21H22F2N4O/c1-14-4-3-5-20(24-14)27-10-8-26(9-11-27)13-19-15(2)28-21(25-19)17-7-6-16(22)12-18(17)23/h3-7,12H,8-11,13H2,1-2H3. The summed E-state index contributed by atoms with van der Waals surface area (Å²) < 4.78 is 32.8. The number of oxazole rings is 1. The second-order valence-corrected chi connectivity index (χ2v) is 7.05. The van der Waals surface area contributed by atoms with Crippen LogP contribution in [0.3, 0.4) is 0 Å². The molecule has 1 aliphatic heterocycles. The van der Waals surface area contributed by atoms with Gasteiger partial charge in [0.05, 0.1) is 11.3 Å². The lowest BCUT2D eigenvalue weighted by Gasteiger charge is -2.35. The molecule has 0 saturated carbocycles. The summed E-state index contributed by atoms with van der Waals surface area (Å²) in [5.74, 6) is 0.554. The molecule has 0 amide bonds. The molecule has 1 fully saturated rings. The van der Waals surface area contributed by atoms with Crippen LogP contribution in [0.2, 0.25) is 0 Å². The molecule has 0 spiro atoms. The van der Waals surface area contributed by atoms with E-state index in [1.807, 2.05) is 32.0 Å². The highest BCUT2D eigenvalue weighted by Gasteiger charge is 2.21. The van der Waals surface area contributed by atoms with Crippen molar-refractivity contribution >= 4 is 5.82 Å². The van der Waals surface area contributed by atoms with Crippen molar-refractivity contribution in [2.75, 3.05) is 31.1 Å². The highest BCUT2D eigenvalue weighted by atomic mass is 19.1. The summed E-state index contributed by atoms with van der Waals surface area (Å²) in [7, 11) is 0. The summed E-state index contributed by atoms with van der Waals surface area (Å²) in [6.07, 6.45) is 0. The highest BCUT2D eigenvalue weighted by molar-refractivity contribution is 5.54. The molecule has 0 bridgehead atoms. The summed E-state index contributed by atoms with van der Waals surface area (Å²) in [6, 6.07) is 9.46. The minimum absolute atomic E-state index is 0.172. The molecule has 4 rings (SSSR count). The molecule has 1 aliphatic rings. The van der Waals surface area contributed by atoms with E-state index in [4.69, 9.17) is 4.42 Å². The predicted molar refractivity (Wildman–Crippen MR) is 103 cm³/mol. The molecule has 5 nitrogen and oxygen atoms in total. The van der Waals surface area contributed by atoms with Gasteiger partial charge in [0.1, 0.15) is 23.2 Å². The number of hydrogen-bond acceptors (Lipinski definition) is 5. The molecule has 3 aromatic rings. The van der Waals surface area contributed by atoms with Gasteiger partial charge in [-0.1, -0.05) is 6.07 Å². The second-order valence-electron chi connectivity index (χ2n) is 7.05. The Morgan fingerprint density at radius 1 is 1.00 bits per heavy atom. The Hall–Kier alpha value is -2.80. The molecule has 0 N–H and O–H groups in total. The van der Waals surface area contributed by atoms with E-state index < -0.39 is 11.6 Å². The van der Waals surface area contributed by atoms with Crippen LogP contribution in [0, 0.1) is 25.5 Å². The van der Waals surface area contributed by atoms with Crippen LogP contribution < -0.4 is 4.90 Å². The first-order valence-corrected chi connectivity index (χ1v) is 9.32. The molecule has 0 aliphatic carbocycles. The average molecular weight is 384 g/mol. The molecular weight excluding hydrogens is 362 g/mol. The smallest absolute Gasteiger partial charge is 0.229 e. The van der Waals surface area contributed by atoms with Crippen molar-refractivity contribution in [3.63, 3.8) is 0 Å². The Kier molecular flexibility index (Phi) is 5.09. The topological polar surface area (TPSA) is 45.4 Å². The summed E-state index contributed by atoms with van der Waals surface area (Å²) in [5.41, 5.74) is 1.96. The largest absolute Gasteiger partial charge is 0.441 e. The molecule has 146 valence electrons. The second kappa shape index (κ2) is 7.67. The molecule has 3 heterocycles. The fourth-order valence-corrected chi connectivity index (χ4v) is 3.40. The summed E-state index contributed by atoms with van der Waals surface area (Å²) >= 11 is 0. The van der Waals surface area contributed by atoms with Crippen molar-refractivity contribution < 1.29 is 13.2 Å². The zero-order valence-electron chi connectivity index (χ0n) is 16.0. The van der Waals surface area contributed by atoms with Crippen LogP contribution in [0.25, 0.3) is 11.5 Å². The number of nitrogens with zero attached hydrogens (tertiary/aromatic N) is 4. The van der Waals surface area contributed by atoms with Gasteiger partial charge in [-0.05, 0) is 38.1 Å². The lowest BCUT2D eigenvalue weighted by molar-refractivity contribution is 0.245. The van der Waals surface area contributed by atoms with Crippen LogP contribution in [0.4, 0.5) is 14.6 Å². The van der Waals surface area contributed by atoms with Crippen LogP contribution in [0.5, 0.6) is 0 Å². The molecule has 1 aromatic carbocycles. The number of rotatable bonds is 4. The first kappa shape index (κ1) is 18.6. The summed E-state index contributed by atoms with van der Waals surface area (Å²) in [5, 5.41) is 0. The Labute approximate surface area is 162 Å². The monoisotopic (exact) mass is 384 g/mol. The van der Waals surface area contributed by atoms with Gasteiger partial charge in [-0.3, -0.25) is 4.90 Å². The maximum Gasteiger partial charge on any atom is 0.229 e. The van der Waals surface area contributed by atoms with E-state index in [0.29, 0.717) is 12.3 Å². The summed E-state index contributed by atoms with van der Waals surface area (Å²) in [6.45, 7) is 7.96. The number of hydrogen-bond donors (Lipinski definition) is 0. The molecule has 0 unspecified atom stereocenters. The van der Waals surface area contributed by atoms with E-state index >= 15 is 0 Å². The van der Waals surface area contributed by atoms with Crippen LogP contribution in [-0.4, -0.2) is 41.0 Å². The van der Waals surface area contributed by atoms with Crippen LogP contribution in [0.15, 0.2) is 40.8 Å². The number of piperazine rings is 1. The van der Waals surface area contributed by atoms with Crippen LogP contribution >= 0.6 is 0 Å². The van der Waals surface area contributed by atoms with E-state index in [1.165, 1.54) is 12.1 Å². The van der Waals surface area contributed by atoms with Gasteiger partial charge in [0, 0.05) is 44.5 Å². The molecule has 7 heteroatoms. The maximum absolute atomic E-state index is 14.0. The fourth-order valence-electron chi connectivity index (χ4n) is 3.40. The van der Waals surface area contributed by atoms with Gasteiger partial charge in [0.25, 0.3) is 0 Å². The van der Waals surface area contributed by atoms with Gasteiger partial charge >= 0.3 is 0 Å². The Bertz CT molecular complexity index is 980. The van der Waals surface area contributed by atoms with Crippen molar-refractivity contribution in [1.82, 2.24) is 14.9 Å². The first-order chi connectivity index (χ1) is 13.5. The molecular formula is C21H22F2N4O. The summed E-state index contributed by atoms with van der Waals surface area (Å²) in [4.78, 5) is 13.6. The van der Waals surface area contributed by atoms with Gasteiger partial charge in [0.2, 0.25) is 5.89 Å². The van der Waals surface area contributed by atoms with Crippen LogP contribution in [0.1, 0.15) is 17.1 Å². The number of anilines is 1. The fraction of sp³-hybridized carbons (Fsp3) is 0.333. The van der Waals surface area contributed by atoms with Crippen molar-refractivity contribution in [2.24, 2.45) is 0 Å². The minimum atomic E-state index is -0.674. The Balaban J connectivity index is 1.42. The lowest BCUT2D eigenvalue weighted by Crippen LogP contribution is -2.46. The van der Waals surface area contributed by atoms with Gasteiger partial charge in [-0.25, -0.2) is 18.7 Å². The van der Waals surface area contributed by atoms with Gasteiger partial charge in [0.15, 0.2) is 0 Å². The number of halogens is 2. The number of benzene rings is 1. The van der Waals surface area contributed by atoms with E-state index in [2.05, 4.69) is 19.8 Å².